The van der Waals surface area contributed by atoms with Crippen LogP contribution in [-0.4, -0.2) is 11.1 Å². The molecule has 1 unspecified atom stereocenters. The molecule has 1 atom stereocenters. The van der Waals surface area contributed by atoms with Crippen LogP contribution in [0.25, 0.3) is 0 Å². The number of carbonyl (C=O) groups is 1. The average Bonchev–Trinajstić information content (AvgIpc) is 3.03. The predicted octanol–water partition coefficient (Wildman–Crippen LogP) is 3.24. The normalized spacial score (nSPS) is 16.9. The zero-order chi connectivity index (χ0) is 12.6. The summed E-state index contributed by atoms with van der Waals surface area (Å²) in [5.74, 6) is -2.18. The fourth-order valence-corrected chi connectivity index (χ4v) is 2.27. The van der Waals surface area contributed by atoms with Crippen molar-refractivity contribution < 1.29 is 18.7 Å². The Morgan fingerprint density at radius 2 is 2.12 bits per heavy atom. The van der Waals surface area contributed by atoms with Gasteiger partial charge in [-0.1, -0.05) is 0 Å². The Bertz CT molecular complexity index is 453. The Morgan fingerprint density at radius 1 is 1.47 bits per heavy atom. The topological polar surface area (TPSA) is 37.3 Å². The van der Waals surface area contributed by atoms with E-state index in [4.69, 9.17) is 5.11 Å². The number of carboxylic acid groups (broad SMARTS) is 1. The first-order valence-corrected chi connectivity index (χ1v) is 5.66. The minimum absolute atomic E-state index is 0.0611. The third-order valence-electron chi connectivity index (χ3n) is 3.33. The van der Waals surface area contributed by atoms with E-state index in [2.05, 4.69) is 0 Å². The highest BCUT2D eigenvalue weighted by molar-refractivity contribution is 5.68. The molecule has 0 spiro atoms. The van der Waals surface area contributed by atoms with Crippen molar-refractivity contribution in [1.29, 1.82) is 0 Å². The molecule has 0 radical (unpaired) electrons. The molecule has 2 rings (SSSR count). The fourth-order valence-electron chi connectivity index (χ4n) is 2.27. The van der Waals surface area contributed by atoms with Crippen molar-refractivity contribution in [1.82, 2.24) is 0 Å². The molecule has 0 heterocycles. The lowest BCUT2D eigenvalue weighted by molar-refractivity contribution is -0.137. The highest BCUT2D eigenvalue weighted by Crippen LogP contribution is 2.45. The van der Waals surface area contributed by atoms with E-state index in [-0.39, 0.29) is 18.3 Å². The smallest absolute Gasteiger partial charge is 0.303 e. The molecule has 0 aromatic heterocycles. The van der Waals surface area contributed by atoms with Crippen molar-refractivity contribution in [2.24, 2.45) is 5.92 Å². The first-order chi connectivity index (χ1) is 7.99. The standard InChI is InChI=1S/C13H14F2O2/c1-7-10(4-9(14)5-12(7)15)11(6-13(16)17)8-2-3-8/h4-5,8,11H,2-3,6H2,1H3,(H,16,17). The van der Waals surface area contributed by atoms with Gasteiger partial charge in [0.25, 0.3) is 0 Å². The van der Waals surface area contributed by atoms with Crippen LogP contribution >= 0.6 is 0 Å². The van der Waals surface area contributed by atoms with E-state index < -0.39 is 17.6 Å². The third-order valence-corrected chi connectivity index (χ3v) is 3.33. The minimum atomic E-state index is -0.925. The monoisotopic (exact) mass is 240 g/mol. The van der Waals surface area contributed by atoms with Crippen LogP contribution in [0.3, 0.4) is 0 Å². The van der Waals surface area contributed by atoms with Gasteiger partial charge in [0, 0.05) is 6.07 Å². The first-order valence-electron chi connectivity index (χ1n) is 5.66. The van der Waals surface area contributed by atoms with Gasteiger partial charge in [0.1, 0.15) is 11.6 Å². The molecule has 4 heteroatoms. The van der Waals surface area contributed by atoms with Crippen LogP contribution in [-0.2, 0) is 4.79 Å². The lowest BCUT2D eigenvalue weighted by atomic mass is 9.88. The maximum Gasteiger partial charge on any atom is 0.303 e. The van der Waals surface area contributed by atoms with Gasteiger partial charge in [-0.05, 0) is 48.8 Å². The van der Waals surface area contributed by atoms with Gasteiger partial charge >= 0.3 is 5.97 Å². The van der Waals surface area contributed by atoms with Crippen LogP contribution in [0.15, 0.2) is 12.1 Å². The first kappa shape index (κ1) is 12.0. The minimum Gasteiger partial charge on any atom is -0.481 e. The number of rotatable bonds is 4. The van der Waals surface area contributed by atoms with Gasteiger partial charge in [-0.2, -0.15) is 0 Å². The molecule has 1 aromatic carbocycles. The van der Waals surface area contributed by atoms with E-state index in [1.165, 1.54) is 6.07 Å². The molecule has 0 saturated heterocycles. The molecule has 1 aliphatic rings. The van der Waals surface area contributed by atoms with Crippen LogP contribution in [0.5, 0.6) is 0 Å². The summed E-state index contributed by atoms with van der Waals surface area (Å²) in [5.41, 5.74) is 0.872. The van der Waals surface area contributed by atoms with Crippen LogP contribution in [0.2, 0.25) is 0 Å². The summed E-state index contributed by atoms with van der Waals surface area (Å²) in [7, 11) is 0. The number of aliphatic carboxylic acids is 1. The van der Waals surface area contributed by atoms with Crippen molar-refractivity contribution in [2.45, 2.75) is 32.1 Å². The molecule has 0 amide bonds. The Kier molecular flexibility index (Phi) is 3.13. The largest absolute Gasteiger partial charge is 0.481 e. The van der Waals surface area contributed by atoms with Crippen molar-refractivity contribution >= 4 is 5.97 Å². The van der Waals surface area contributed by atoms with Crippen LogP contribution in [0, 0.1) is 24.5 Å². The Balaban J connectivity index is 2.38. The quantitative estimate of drug-likeness (QED) is 0.877. The summed E-state index contributed by atoms with van der Waals surface area (Å²) < 4.78 is 26.6. The lowest BCUT2D eigenvalue weighted by Crippen LogP contribution is -2.11. The lowest BCUT2D eigenvalue weighted by Gasteiger charge is -2.17. The van der Waals surface area contributed by atoms with Gasteiger partial charge in [-0.3, -0.25) is 4.79 Å². The molecule has 1 saturated carbocycles. The molecule has 0 aliphatic heterocycles. The molecular weight excluding hydrogens is 226 g/mol. The number of carboxylic acids is 1. The van der Waals surface area contributed by atoms with Gasteiger partial charge in [-0.25, -0.2) is 8.78 Å². The van der Waals surface area contributed by atoms with Gasteiger partial charge in [0.05, 0.1) is 6.42 Å². The second kappa shape index (κ2) is 4.43. The molecule has 2 nitrogen and oxygen atoms in total. The maximum absolute atomic E-state index is 13.4. The summed E-state index contributed by atoms with van der Waals surface area (Å²) in [6, 6.07) is 2.11. The second-order valence-electron chi connectivity index (χ2n) is 4.64. The molecule has 92 valence electrons. The fraction of sp³-hybridized carbons (Fsp3) is 0.462. The molecule has 17 heavy (non-hydrogen) atoms. The molecule has 1 aliphatic carbocycles. The van der Waals surface area contributed by atoms with Gasteiger partial charge < -0.3 is 5.11 Å². The predicted molar refractivity (Wildman–Crippen MR) is 58.8 cm³/mol. The number of halogens is 2. The van der Waals surface area contributed by atoms with E-state index in [0.717, 1.165) is 18.9 Å². The van der Waals surface area contributed by atoms with Crippen LogP contribution in [0.4, 0.5) is 8.78 Å². The number of benzene rings is 1. The van der Waals surface area contributed by atoms with E-state index in [9.17, 15) is 13.6 Å². The van der Waals surface area contributed by atoms with Crippen LogP contribution < -0.4 is 0 Å². The number of hydrogen-bond donors (Lipinski definition) is 1. The molecule has 1 fully saturated rings. The molecule has 1 N–H and O–H groups in total. The summed E-state index contributed by atoms with van der Waals surface area (Å²) in [6.45, 7) is 1.57. The summed E-state index contributed by atoms with van der Waals surface area (Å²) >= 11 is 0. The zero-order valence-corrected chi connectivity index (χ0v) is 9.54. The van der Waals surface area contributed by atoms with Crippen molar-refractivity contribution in [3.8, 4) is 0 Å². The Labute approximate surface area is 98.3 Å². The van der Waals surface area contributed by atoms with Crippen molar-refractivity contribution in [2.75, 3.05) is 0 Å². The second-order valence-corrected chi connectivity index (χ2v) is 4.64. The summed E-state index contributed by atoms with van der Waals surface area (Å²) in [5, 5.41) is 8.86. The molecule has 1 aromatic rings. The highest BCUT2D eigenvalue weighted by atomic mass is 19.1. The average molecular weight is 240 g/mol. The SMILES string of the molecule is Cc1c(F)cc(F)cc1C(CC(=O)O)C1CC1. The van der Waals surface area contributed by atoms with E-state index in [0.29, 0.717) is 11.1 Å². The van der Waals surface area contributed by atoms with Crippen molar-refractivity contribution in [3.63, 3.8) is 0 Å². The molecule has 0 bridgehead atoms. The van der Waals surface area contributed by atoms with Crippen molar-refractivity contribution in [3.05, 3.63) is 34.9 Å². The summed E-state index contributed by atoms with van der Waals surface area (Å²) in [6.07, 6.45) is 1.82. The van der Waals surface area contributed by atoms with Gasteiger partial charge in [0.15, 0.2) is 0 Å². The van der Waals surface area contributed by atoms with Gasteiger partial charge in [0.2, 0.25) is 0 Å². The summed E-state index contributed by atoms with van der Waals surface area (Å²) in [4.78, 5) is 10.8. The number of hydrogen-bond acceptors (Lipinski definition) is 1. The zero-order valence-electron chi connectivity index (χ0n) is 9.54. The van der Waals surface area contributed by atoms with E-state index in [1.807, 2.05) is 0 Å². The Morgan fingerprint density at radius 3 is 2.65 bits per heavy atom. The highest BCUT2D eigenvalue weighted by Gasteiger charge is 2.35. The maximum atomic E-state index is 13.4. The van der Waals surface area contributed by atoms with Crippen LogP contribution in [0.1, 0.15) is 36.3 Å². The third kappa shape index (κ3) is 2.62. The van der Waals surface area contributed by atoms with Gasteiger partial charge in [-0.15, -0.1) is 0 Å². The Hall–Kier alpha value is -1.45. The molecular formula is C13H14F2O2. The van der Waals surface area contributed by atoms with E-state index >= 15 is 0 Å². The van der Waals surface area contributed by atoms with E-state index in [1.54, 1.807) is 6.92 Å².